The second-order valence-corrected chi connectivity index (χ2v) is 8.25. The van der Waals surface area contributed by atoms with Gasteiger partial charge >= 0.3 is 0 Å². The number of amides is 1. The highest BCUT2D eigenvalue weighted by Crippen LogP contribution is 2.24. The van der Waals surface area contributed by atoms with E-state index in [9.17, 15) is 4.79 Å². The van der Waals surface area contributed by atoms with Crippen LogP contribution < -0.4 is 5.32 Å². The summed E-state index contributed by atoms with van der Waals surface area (Å²) in [6.07, 6.45) is 2.63. The molecule has 1 atom stereocenters. The highest BCUT2D eigenvalue weighted by molar-refractivity contribution is 6.33. The molecule has 29 heavy (non-hydrogen) atoms. The summed E-state index contributed by atoms with van der Waals surface area (Å²) in [6.45, 7) is 9.83. The summed E-state index contributed by atoms with van der Waals surface area (Å²) in [5.41, 5.74) is 3.59. The number of nitrogens with zero attached hydrogens (tertiary/aromatic N) is 2. The number of hydrogen-bond acceptors (Lipinski definition) is 2. The van der Waals surface area contributed by atoms with Crippen molar-refractivity contribution < 1.29 is 4.79 Å². The summed E-state index contributed by atoms with van der Waals surface area (Å²) in [5.74, 6) is 1.01. The number of carbonyl (C=O) groups excluding carboxylic acids is 1. The van der Waals surface area contributed by atoms with E-state index in [1.807, 2.05) is 49.1 Å². The van der Waals surface area contributed by atoms with Crippen molar-refractivity contribution in [1.82, 2.24) is 4.90 Å². The summed E-state index contributed by atoms with van der Waals surface area (Å²) in [5, 5.41) is 4.50. The maximum Gasteiger partial charge on any atom is 0.255 e. The van der Waals surface area contributed by atoms with E-state index in [1.165, 1.54) is 0 Å². The van der Waals surface area contributed by atoms with Crippen molar-refractivity contribution in [3.63, 3.8) is 0 Å². The molecule has 1 fully saturated rings. The molecule has 1 aliphatic heterocycles. The van der Waals surface area contributed by atoms with Gasteiger partial charge in [0.1, 0.15) is 5.84 Å². The number of amidine groups is 1. The van der Waals surface area contributed by atoms with Crippen LogP contribution in [0.3, 0.4) is 0 Å². The lowest BCUT2D eigenvalue weighted by Gasteiger charge is -2.17. The Labute approximate surface area is 182 Å². The molecule has 1 heterocycles. The molecule has 1 N–H and O–H groups in total. The number of halogens is 2. The van der Waals surface area contributed by atoms with E-state index in [-0.39, 0.29) is 5.91 Å². The molecule has 2 aromatic carbocycles. The van der Waals surface area contributed by atoms with E-state index >= 15 is 0 Å². The molecule has 0 aromatic heterocycles. The van der Waals surface area contributed by atoms with Gasteiger partial charge in [-0.2, -0.15) is 0 Å². The molecule has 6 heteroatoms. The molecule has 1 saturated heterocycles. The minimum Gasteiger partial charge on any atom is -0.340 e. The van der Waals surface area contributed by atoms with Gasteiger partial charge in [0.2, 0.25) is 0 Å². The van der Waals surface area contributed by atoms with Gasteiger partial charge in [-0.15, -0.1) is 0 Å². The Morgan fingerprint density at radius 1 is 1.28 bits per heavy atom. The summed E-state index contributed by atoms with van der Waals surface area (Å²) >= 11 is 12.2. The number of aliphatic imine (C=N–C) groups is 1. The summed E-state index contributed by atoms with van der Waals surface area (Å²) < 4.78 is 0. The van der Waals surface area contributed by atoms with Crippen LogP contribution in [0.15, 0.2) is 54.0 Å². The first kappa shape index (κ1) is 21.4. The highest BCUT2D eigenvalue weighted by Gasteiger charge is 2.27. The fourth-order valence-corrected chi connectivity index (χ4v) is 3.85. The average Bonchev–Trinajstić information content (AvgIpc) is 3.17. The molecule has 0 saturated carbocycles. The van der Waals surface area contributed by atoms with Crippen LogP contribution in [0.25, 0.3) is 0 Å². The number of likely N-dealkylation sites (tertiary alicyclic amines) is 1. The molecule has 0 bridgehead atoms. The van der Waals surface area contributed by atoms with Gasteiger partial charge in [-0.1, -0.05) is 41.4 Å². The van der Waals surface area contributed by atoms with E-state index in [1.54, 1.807) is 12.1 Å². The number of hydrogen-bond donors (Lipinski definition) is 1. The standard InChI is InChI=1S/C23H25Cl2N3O/c1-4-22(27-21-8-6-18(24)12-16(21)3)26-13-17-9-10-28(14-17)23(29)19-11-15(2)5-7-20(19)25/h4-8,11-12,17H,1,9-10,13-14H2,2-3H3,(H,26,27). The van der Waals surface area contributed by atoms with Crippen molar-refractivity contribution in [2.75, 3.05) is 25.0 Å². The predicted molar refractivity (Wildman–Crippen MR) is 123 cm³/mol. The van der Waals surface area contributed by atoms with Crippen LogP contribution in [-0.4, -0.2) is 36.3 Å². The van der Waals surface area contributed by atoms with Crippen molar-refractivity contribution in [1.29, 1.82) is 0 Å². The Balaban J connectivity index is 1.61. The fourth-order valence-electron chi connectivity index (χ4n) is 3.43. The third-order valence-electron chi connectivity index (χ3n) is 5.09. The van der Waals surface area contributed by atoms with Crippen LogP contribution in [0, 0.1) is 19.8 Å². The molecule has 2 aromatic rings. The van der Waals surface area contributed by atoms with Gasteiger partial charge in [0, 0.05) is 30.3 Å². The van der Waals surface area contributed by atoms with Crippen molar-refractivity contribution in [2.45, 2.75) is 20.3 Å². The van der Waals surface area contributed by atoms with Crippen LogP contribution in [0.2, 0.25) is 10.0 Å². The van der Waals surface area contributed by atoms with E-state index in [2.05, 4.69) is 16.9 Å². The topological polar surface area (TPSA) is 44.7 Å². The normalized spacial score (nSPS) is 16.8. The van der Waals surface area contributed by atoms with Crippen LogP contribution >= 0.6 is 23.2 Å². The second-order valence-electron chi connectivity index (χ2n) is 7.40. The number of carbonyl (C=O) groups is 1. The number of aryl methyl sites for hydroxylation is 2. The number of nitrogens with one attached hydrogen (secondary N) is 1. The molecule has 0 spiro atoms. The third kappa shape index (κ3) is 5.40. The van der Waals surface area contributed by atoms with Crippen LogP contribution in [-0.2, 0) is 0 Å². The summed E-state index contributed by atoms with van der Waals surface area (Å²) in [7, 11) is 0. The monoisotopic (exact) mass is 429 g/mol. The Kier molecular flexibility index (Phi) is 6.99. The van der Waals surface area contributed by atoms with E-state index < -0.39 is 0 Å². The molecular formula is C23H25Cl2N3O. The average molecular weight is 430 g/mol. The lowest BCUT2D eigenvalue weighted by atomic mass is 10.1. The molecule has 0 aliphatic carbocycles. The SMILES string of the molecule is C=CC(=NCC1CCN(C(=O)c2cc(C)ccc2Cl)C1)Nc1ccc(Cl)cc1C. The van der Waals surface area contributed by atoms with Gasteiger partial charge in [0.15, 0.2) is 0 Å². The lowest BCUT2D eigenvalue weighted by molar-refractivity contribution is 0.0787. The summed E-state index contributed by atoms with van der Waals surface area (Å²) in [6, 6.07) is 11.2. The summed E-state index contributed by atoms with van der Waals surface area (Å²) in [4.78, 5) is 19.4. The molecule has 4 nitrogen and oxygen atoms in total. The number of benzene rings is 2. The lowest BCUT2D eigenvalue weighted by Crippen LogP contribution is -2.29. The Bertz CT molecular complexity index is 955. The zero-order chi connectivity index (χ0) is 21.0. The van der Waals surface area contributed by atoms with Crippen LogP contribution in [0.5, 0.6) is 0 Å². The zero-order valence-corrected chi connectivity index (χ0v) is 18.2. The van der Waals surface area contributed by atoms with Crippen LogP contribution in [0.1, 0.15) is 27.9 Å². The van der Waals surface area contributed by atoms with Gasteiger partial charge in [-0.05, 0) is 68.2 Å². The van der Waals surface area contributed by atoms with Crippen LogP contribution in [0.4, 0.5) is 5.69 Å². The largest absolute Gasteiger partial charge is 0.340 e. The molecule has 152 valence electrons. The molecular weight excluding hydrogens is 405 g/mol. The minimum atomic E-state index is -0.0102. The second kappa shape index (κ2) is 9.47. The Hall–Kier alpha value is -2.30. The predicted octanol–water partition coefficient (Wildman–Crippen LogP) is 5.77. The van der Waals surface area contributed by atoms with Gasteiger partial charge < -0.3 is 10.2 Å². The van der Waals surface area contributed by atoms with E-state index in [0.29, 0.717) is 40.5 Å². The first-order valence-corrected chi connectivity index (χ1v) is 10.4. The van der Waals surface area contributed by atoms with Crippen molar-refractivity contribution in [3.05, 3.63) is 75.8 Å². The first-order chi connectivity index (χ1) is 13.9. The molecule has 1 unspecified atom stereocenters. The zero-order valence-electron chi connectivity index (χ0n) is 16.7. The Morgan fingerprint density at radius 3 is 2.79 bits per heavy atom. The maximum atomic E-state index is 12.8. The van der Waals surface area contributed by atoms with E-state index in [0.717, 1.165) is 29.8 Å². The Morgan fingerprint density at radius 2 is 2.07 bits per heavy atom. The highest BCUT2D eigenvalue weighted by atomic mass is 35.5. The minimum absolute atomic E-state index is 0.0102. The molecule has 1 aliphatic rings. The molecule has 3 rings (SSSR count). The maximum absolute atomic E-state index is 12.8. The van der Waals surface area contributed by atoms with Gasteiger partial charge in [0.25, 0.3) is 5.91 Å². The van der Waals surface area contributed by atoms with Gasteiger partial charge in [-0.25, -0.2) is 0 Å². The van der Waals surface area contributed by atoms with E-state index in [4.69, 9.17) is 23.2 Å². The number of rotatable bonds is 5. The van der Waals surface area contributed by atoms with Gasteiger partial charge in [-0.3, -0.25) is 9.79 Å². The van der Waals surface area contributed by atoms with Gasteiger partial charge in [0.05, 0.1) is 10.6 Å². The van der Waals surface area contributed by atoms with Crippen molar-refractivity contribution in [2.24, 2.45) is 10.9 Å². The van der Waals surface area contributed by atoms with Crippen molar-refractivity contribution >= 4 is 40.6 Å². The molecule has 1 amide bonds. The van der Waals surface area contributed by atoms with Crippen molar-refractivity contribution in [3.8, 4) is 0 Å². The quantitative estimate of drug-likeness (QED) is 0.484. The fraction of sp³-hybridized carbons (Fsp3) is 0.304. The third-order valence-corrected chi connectivity index (χ3v) is 5.65. The number of anilines is 1. The smallest absolute Gasteiger partial charge is 0.255 e. The first-order valence-electron chi connectivity index (χ1n) is 9.63. The molecule has 0 radical (unpaired) electrons.